The van der Waals surface area contributed by atoms with E-state index >= 15 is 0 Å². The van der Waals surface area contributed by atoms with Gasteiger partial charge in [0, 0.05) is 5.75 Å². The molecule has 4 nitrogen and oxygen atoms in total. The molecule has 0 spiro atoms. The molecule has 2 aromatic rings. The Morgan fingerprint density at radius 3 is 3.11 bits per heavy atom. The van der Waals surface area contributed by atoms with Crippen molar-refractivity contribution in [3.63, 3.8) is 0 Å². The van der Waals surface area contributed by atoms with Crippen LogP contribution in [0.4, 0.5) is 0 Å². The highest BCUT2D eigenvalue weighted by atomic mass is 32.2. The molecule has 0 saturated carbocycles. The molecule has 0 aliphatic rings. The van der Waals surface area contributed by atoms with Crippen molar-refractivity contribution in [2.75, 3.05) is 12.3 Å². The Hall–Kier alpha value is -1.51. The van der Waals surface area contributed by atoms with E-state index in [0.29, 0.717) is 0 Å². The number of H-pyrrole nitrogens is 1. The third-order valence-corrected chi connectivity index (χ3v) is 3.77. The van der Waals surface area contributed by atoms with Crippen LogP contribution in [0.5, 0.6) is 0 Å². The highest BCUT2D eigenvalue weighted by molar-refractivity contribution is 7.99. The number of aromatic nitrogens is 2. The number of aryl methyl sites for hydroxylation is 1. The minimum atomic E-state index is -0.0656. The van der Waals surface area contributed by atoms with Gasteiger partial charge >= 0.3 is 0 Å². The monoisotopic (exact) mass is 274 g/mol. The molecule has 0 radical (unpaired) electrons. The maximum atomic E-state index is 8.95. The number of aromatic amines is 1. The molecular weight excluding hydrogens is 256 g/mol. The Kier molecular flexibility index (Phi) is 4.83. The first kappa shape index (κ1) is 13.9. The molecule has 0 fully saturated rings. The first-order chi connectivity index (χ1) is 9.22. The van der Waals surface area contributed by atoms with Gasteiger partial charge in [0.1, 0.15) is 0 Å². The van der Waals surface area contributed by atoms with Crippen LogP contribution in [0.15, 0.2) is 23.4 Å². The van der Waals surface area contributed by atoms with Crippen molar-refractivity contribution in [2.24, 2.45) is 0 Å². The smallest absolute Gasteiger partial charge is 0.166 e. The van der Waals surface area contributed by atoms with E-state index in [4.69, 9.17) is 5.26 Å². The van der Waals surface area contributed by atoms with Gasteiger partial charge in [-0.1, -0.05) is 24.8 Å². The highest BCUT2D eigenvalue weighted by Crippen LogP contribution is 2.21. The fraction of sp³-hybridized carbons (Fsp3) is 0.429. The van der Waals surface area contributed by atoms with Crippen LogP contribution in [0, 0.1) is 18.3 Å². The van der Waals surface area contributed by atoms with Crippen LogP contribution in [-0.2, 0) is 0 Å². The molecule has 1 aromatic carbocycles. The molecule has 1 atom stereocenters. The molecule has 1 heterocycles. The van der Waals surface area contributed by atoms with Crippen LogP contribution in [0.2, 0.25) is 0 Å². The standard InChI is InChI=1S/C14H18N4S/c1-3-16-11(9-15)6-7-19-14-17-12-5-4-10(2)8-13(12)18-14/h4-5,8,11,16H,3,6-7H2,1-2H3,(H,17,18). The van der Waals surface area contributed by atoms with Gasteiger partial charge < -0.3 is 10.3 Å². The molecule has 2 N–H and O–H groups in total. The lowest BCUT2D eigenvalue weighted by molar-refractivity contribution is 0.612. The number of fused-ring (bicyclic) bond motifs is 1. The summed E-state index contributed by atoms with van der Waals surface area (Å²) in [4.78, 5) is 7.84. The number of hydrogen-bond donors (Lipinski definition) is 2. The van der Waals surface area contributed by atoms with Crippen molar-refractivity contribution in [1.29, 1.82) is 5.26 Å². The third-order valence-electron chi connectivity index (χ3n) is 2.87. The second-order valence-corrected chi connectivity index (χ2v) is 5.52. The Balaban J connectivity index is 1.93. The van der Waals surface area contributed by atoms with E-state index < -0.39 is 0 Å². The largest absolute Gasteiger partial charge is 0.333 e. The SMILES string of the molecule is CCNC(C#N)CCSc1nc2ccc(C)cc2[nH]1. The number of rotatable bonds is 6. The molecule has 5 heteroatoms. The first-order valence-electron chi connectivity index (χ1n) is 6.45. The van der Waals surface area contributed by atoms with E-state index in [1.165, 1.54) is 5.56 Å². The molecule has 1 unspecified atom stereocenters. The number of benzene rings is 1. The molecule has 100 valence electrons. The zero-order valence-electron chi connectivity index (χ0n) is 11.2. The Morgan fingerprint density at radius 2 is 2.37 bits per heavy atom. The van der Waals surface area contributed by atoms with Crippen LogP contribution in [0.3, 0.4) is 0 Å². The van der Waals surface area contributed by atoms with Crippen molar-refractivity contribution in [1.82, 2.24) is 15.3 Å². The van der Waals surface area contributed by atoms with Gasteiger partial charge in [0.25, 0.3) is 0 Å². The predicted molar refractivity (Wildman–Crippen MR) is 79.2 cm³/mol. The summed E-state index contributed by atoms with van der Waals surface area (Å²) in [5, 5.41) is 13.0. The number of imidazole rings is 1. The summed E-state index contributed by atoms with van der Waals surface area (Å²) in [6.45, 7) is 4.91. The summed E-state index contributed by atoms with van der Waals surface area (Å²) in [6.07, 6.45) is 0.824. The topological polar surface area (TPSA) is 64.5 Å². The maximum absolute atomic E-state index is 8.95. The Morgan fingerprint density at radius 1 is 1.53 bits per heavy atom. The third kappa shape index (κ3) is 3.72. The fourth-order valence-corrected chi connectivity index (χ4v) is 2.79. The average molecular weight is 274 g/mol. The summed E-state index contributed by atoms with van der Waals surface area (Å²) in [6, 6.07) is 8.40. The van der Waals surface area contributed by atoms with Gasteiger partial charge in [0.2, 0.25) is 0 Å². The number of nitrogens with one attached hydrogen (secondary N) is 2. The van der Waals surface area contributed by atoms with E-state index in [0.717, 1.165) is 34.9 Å². The summed E-state index contributed by atoms with van der Waals surface area (Å²) < 4.78 is 0. The van der Waals surface area contributed by atoms with Crippen molar-refractivity contribution in [3.8, 4) is 6.07 Å². The molecule has 0 bridgehead atoms. The highest BCUT2D eigenvalue weighted by Gasteiger charge is 2.07. The zero-order chi connectivity index (χ0) is 13.7. The lowest BCUT2D eigenvalue weighted by atomic mass is 10.2. The van der Waals surface area contributed by atoms with E-state index in [2.05, 4.69) is 40.4 Å². The normalized spacial score (nSPS) is 12.5. The van der Waals surface area contributed by atoms with E-state index in [9.17, 15) is 0 Å². The number of hydrogen-bond acceptors (Lipinski definition) is 4. The summed E-state index contributed by atoms with van der Waals surface area (Å²) >= 11 is 1.66. The fourth-order valence-electron chi connectivity index (χ4n) is 1.90. The summed E-state index contributed by atoms with van der Waals surface area (Å²) in [5.41, 5.74) is 3.30. The number of nitrogens with zero attached hydrogens (tertiary/aromatic N) is 2. The Labute approximate surface area is 117 Å². The van der Waals surface area contributed by atoms with E-state index in [-0.39, 0.29) is 6.04 Å². The van der Waals surface area contributed by atoms with Gasteiger partial charge in [-0.25, -0.2) is 4.98 Å². The lowest BCUT2D eigenvalue weighted by Gasteiger charge is -2.07. The summed E-state index contributed by atoms with van der Waals surface area (Å²) in [7, 11) is 0. The van der Waals surface area contributed by atoms with Crippen molar-refractivity contribution in [3.05, 3.63) is 23.8 Å². The number of nitriles is 1. The molecule has 19 heavy (non-hydrogen) atoms. The van der Waals surface area contributed by atoms with Gasteiger partial charge in [-0.2, -0.15) is 5.26 Å². The minimum Gasteiger partial charge on any atom is -0.333 e. The van der Waals surface area contributed by atoms with E-state index in [1.807, 2.05) is 13.0 Å². The second kappa shape index (κ2) is 6.60. The lowest BCUT2D eigenvalue weighted by Crippen LogP contribution is -2.27. The number of thioether (sulfide) groups is 1. The van der Waals surface area contributed by atoms with Gasteiger partial charge in [-0.15, -0.1) is 0 Å². The summed E-state index contributed by atoms with van der Waals surface area (Å²) in [5.74, 6) is 0.879. The van der Waals surface area contributed by atoms with E-state index in [1.54, 1.807) is 11.8 Å². The Bertz CT molecular complexity index is 585. The second-order valence-electron chi connectivity index (χ2n) is 4.44. The first-order valence-corrected chi connectivity index (χ1v) is 7.43. The van der Waals surface area contributed by atoms with Crippen LogP contribution >= 0.6 is 11.8 Å². The molecular formula is C14H18N4S. The quantitative estimate of drug-likeness (QED) is 0.795. The molecule has 0 aliphatic carbocycles. The predicted octanol–water partition coefficient (Wildman–Crippen LogP) is 2.86. The van der Waals surface area contributed by atoms with Gasteiger partial charge in [-0.05, 0) is 37.6 Å². The van der Waals surface area contributed by atoms with Gasteiger partial charge in [0.05, 0.1) is 23.1 Å². The van der Waals surface area contributed by atoms with Gasteiger partial charge in [0.15, 0.2) is 5.16 Å². The molecule has 0 amide bonds. The van der Waals surface area contributed by atoms with Crippen LogP contribution < -0.4 is 5.32 Å². The molecule has 2 rings (SSSR count). The van der Waals surface area contributed by atoms with Crippen molar-refractivity contribution in [2.45, 2.75) is 31.5 Å². The molecule has 0 aliphatic heterocycles. The zero-order valence-corrected chi connectivity index (χ0v) is 12.0. The minimum absolute atomic E-state index is 0.0656. The maximum Gasteiger partial charge on any atom is 0.166 e. The van der Waals surface area contributed by atoms with Crippen molar-refractivity contribution < 1.29 is 0 Å². The van der Waals surface area contributed by atoms with Crippen molar-refractivity contribution >= 4 is 22.8 Å². The van der Waals surface area contributed by atoms with Gasteiger partial charge in [-0.3, -0.25) is 0 Å². The average Bonchev–Trinajstić information content (AvgIpc) is 2.79. The van der Waals surface area contributed by atoms with Crippen LogP contribution in [-0.4, -0.2) is 28.3 Å². The molecule has 1 aromatic heterocycles. The van der Waals surface area contributed by atoms with Crippen LogP contribution in [0.1, 0.15) is 18.9 Å². The molecule has 0 saturated heterocycles. The van der Waals surface area contributed by atoms with Crippen LogP contribution in [0.25, 0.3) is 11.0 Å².